The molecule has 1 heterocycles. The molecule has 2 aromatic carbocycles. The topological polar surface area (TPSA) is 120 Å². The van der Waals surface area contributed by atoms with Gasteiger partial charge in [-0.15, -0.1) is 0 Å². The van der Waals surface area contributed by atoms with Crippen molar-refractivity contribution in [3.8, 4) is 6.07 Å². The van der Waals surface area contributed by atoms with E-state index in [4.69, 9.17) is 22.1 Å². The number of methoxy groups -OCH3 is 1. The number of anilines is 2. The van der Waals surface area contributed by atoms with Gasteiger partial charge in [0.25, 0.3) is 0 Å². The zero-order valence-electron chi connectivity index (χ0n) is 24.0. The number of nitrogens with zero attached hydrogens (tertiary/aromatic N) is 2. The lowest BCUT2D eigenvalue weighted by atomic mass is 9.77. The van der Waals surface area contributed by atoms with E-state index in [1.807, 2.05) is 18.2 Å². The molecule has 224 valence electrons. The van der Waals surface area contributed by atoms with Crippen molar-refractivity contribution in [3.05, 3.63) is 94.3 Å². The van der Waals surface area contributed by atoms with Gasteiger partial charge in [-0.1, -0.05) is 48.7 Å². The number of halogens is 2. The van der Waals surface area contributed by atoms with E-state index in [0.29, 0.717) is 40.6 Å². The minimum atomic E-state index is -0.930. The number of benzene rings is 2. The van der Waals surface area contributed by atoms with Gasteiger partial charge >= 0.3 is 6.03 Å². The van der Waals surface area contributed by atoms with Gasteiger partial charge < -0.3 is 26.0 Å². The molecular weight excluding hydrogens is 569 g/mol. The van der Waals surface area contributed by atoms with Crippen molar-refractivity contribution in [1.29, 1.82) is 5.26 Å². The molecule has 1 saturated carbocycles. The fraction of sp³-hybridized carbons (Fsp3) is 0.364. The van der Waals surface area contributed by atoms with Crippen LogP contribution in [-0.2, 0) is 15.1 Å². The molecule has 1 saturated heterocycles. The number of nitriles is 1. The summed E-state index contributed by atoms with van der Waals surface area (Å²) in [6.45, 7) is 0.198. The summed E-state index contributed by atoms with van der Waals surface area (Å²) in [5.41, 5.74) is 8.85. The van der Waals surface area contributed by atoms with Gasteiger partial charge in [-0.2, -0.15) is 5.26 Å². The highest BCUT2D eigenvalue weighted by Gasteiger charge is 2.40. The van der Waals surface area contributed by atoms with E-state index >= 15 is 4.39 Å². The summed E-state index contributed by atoms with van der Waals surface area (Å²) in [5, 5.41) is 15.4. The average molecular weight is 604 g/mol. The number of carbonyl (C=O) groups excluding carboxylic acids is 2. The van der Waals surface area contributed by atoms with Crippen LogP contribution >= 0.6 is 11.6 Å². The maximum atomic E-state index is 15.2. The second kappa shape index (κ2) is 13.1. The Morgan fingerprint density at radius 3 is 2.67 bits per heavy atom. The van der Waals surface area contributed by atoms with E-state index in [-0.39, 0.29) is 24.8 Å². The molecular formula is C33H35ClFN5O3. The Morgan fingerprint density at radius 1 is 1.21 bits per heavy atom. The van der Waals surface area contributed by atoms with E-state index in [2.05, 4.69) is 16.7 Å². The summed E-state index contributed by atoms with van der Waals surface area (Å²) >= 11 is 5.95. The van der Waals surface area contributed by atoms with Crippen molar-refractivity contribution < 1.29 is 18.7 Å². The van der Waals surface area contributed by atoms with Crippen LogP contribution in [0.1, 0.15) is 44.1 Å². The first kappa shape index (κ1) is 30.5. The monoisotopic (exact) mass is 603 g/mol. The third kappa shape index (κ3) is 7.16. The van der Waals surface area contributed by atoms with Crippen LogP contribution in [0.25, 0.3) is 0 Å². The Kier molecular flexibility index (Phi) is 9.31. The number of hydrogen-bond acceptors (Lipinski definition) is 5. The lowest BCUT2D eigenvalue weighted by molar-refractivity contribution is -0.119. The second-order valence-corrected chi connectivity index (χ2v) is 11.8. The zero-order valence-corrected chi connectivity index (χ0v) is 24.7. The van der Waals surface area contributed by atoms with Crippen LogP contribution < -0.4 is 16.4 Å². The summed E-state index contributed by atoms with van der Waals surface area (Å²) in [4.78, 5) is 28.2. The summed E-state index contributed by atoms with van der Waals surface area (Å²) in [6, 6.07) is 12.0. The molecule has 3 amide bonds. The Balaban J connectivity index is 1.38. The molecule has 2 fully saturated rings. The molecule has 5 rings (SSSR count). The molecule has 10 heteroatoms. The van der Waals surface area contributed by atoms with Crippen LogP contribution in [-0.4, -0.2) is 42.6 Å². The normalized spacial score (nSPS) is 21.2. The number of ether oxygens (including phenoxy) is 1. The molecule has 0 aromatic heterocycles. The maximum Gasteiger partial charge on any atom is 0.322 e. The molecule has 3 atom stereocenters. The van der Waals surface area contributed by atoms with E-state index in [1.165, 1.54) is 30.9 Å². The predicted octanol–water partition coefficient (Wildman–Crippen LogP) is 6.42. The number of rotatable bonds is 9. The van der Waals surface area contributed by atoms with E-state index in [9.17, 15) is 14.9 Å². The van der Waals surface area contributed by atoms with Gasteiger partial charge in [-0.25, -0.2) is 9.18 Å². The van der Waals surface area contributed by atoms with Crippen LogP contribution in [0.5, 0.6) is 0 Å². The molecule has 43 heavy (non-hydrogen) atoms. The number of amides is 3. The van der Waals surface area contributed by atoms with Gasteiger partial charge in [0.1, 0.15) is 11.9 Å². The number of nitrogens with two attached hydrogens (primary N) is 1. The third-order valence-electron chi connectivity index (χ3n) is 8.46. The molecule has 0 radical (unpaired) electrons. The van der Waals surface area contributed by atoms with E-state index in [1.54, 1.807) is 42.5 Å². The fourth-order valence-corrected chi connectivity index (χ4v) is 5.78. The van der Waals surface area contributed by atoms with Gasteiger partial charge in [0.15, 0.2) is 0 Å². The van der Waals surface area contributed by atoms with Gasteiger partial charge in [-0.05, 0) is 78.8 Å². The first-order valence-electron chi connectivity index (χ1n) is 14.4. The standard InChI is InChI=1S/C33H35ClFN5O3/c1-43-27-18-30(40(20-27)32(42)38-26-12-10-25(34)11-13-26)31(41)39-29-17-24(9-14-28(29)35)33(37,16-15-21-5-6-21)23-4-2-3-22(19-36)7-8-23/h2-4,7,9-14,17,21,27,30H,5-6,8,15-16,18,20,37H2,1H3,(H,38,42)(H,39,41)/t27-,30-,33?/m1/s1. The average Bonchev–Trinajstić information content (AvgIpc) is 3.78. The van der Waals surface area contributed by atoms with Gasteiger partial charge in [0.05, 0.1) is 23.4 Å². The molecule has 8 nitrogen and oxygen atoms in total. The first-order valence-corrected chi connectivity index (χ1v) is 14.8. The van der Waals surface area contributed by atoms with Crippen molar-refractivity contribution >= 4 is 34.9 Å². The molecule has 2 aromatic rings. The second-order valence-electron chi connectivity index (χ2n) is 11.4. The third-order valence-corrected chi connectivity index (χ3v) is 8.71. The number of carbonyl (C=O) groups is 2. The fourth-order valence-electron chi connectivity index (χ4n) is 5.65. The molecule has 1 unspecified atom stereocenters. The molecule has 0 spiro atoms. The Hall–Kier alpha value is -3.97. The zero-order chi connectivity index (χ0) is 30.6. The molecule has 4 N–H and O–H groups in total. The quantitative estimate of drug-likeness (QED) is 0.305. The lowest BCUT2D eigenvalue weighted by Crippen LogP contribution is -2.45. The molecule has 1 aliphatic heterocycles. The van der Waals surface area contributed by atoms with Crippen molar-refractivity contribution in [2.24, 2.45) is 11.7 Å². The largest absolute Gasteiger partial charge is 0.380 e. The number of nitrogens with one attached hydrogen (secondary N) is 2. The molecule has 3 aliphatic rings. The number of likely N-dealkylation sites (tertiary alicyclic amines) is 1. The van der Waals surface area contributed by atoms with E-state index in [0.717, 1.165) is 12.0 Å². The minimum Gasteiger partial charge on any atom is -0.380 e. The minimum absolute atomic E-state index is 0.0132. The highest BCUT2D eigenvalue weighted by atomic mass is 35.5. The van der Waals surface area contributed by atoms with Crippen LogP contribution in [0.4, 0.5) is 20.6 Å². The summed E-state index contributed by atoms with van der Waals surface area (Å²) < 4.78 is 20.7. The van der Waals surface area contributed by atoms with Crippen molar-refractivity contribution in [1.82, 2.24) is 4.90 Å². The van der Waals surface area contributed by atoms with Gasteiger partial charge in [0.2, 0.25) is 5.91 Å². The van der Waals surface area contributed by atoms with Crippen molar-refractivity contribution in [2.45, 2.75) is 56.2 Å². The Bertz CT molecular complexity index is 1510. The van der Waals surface area contributed by atoms with Gasteiger partial charge in [-0.3, -0.25) is 4.79 Å². The number of urea groups is 1. The maximum absolute atomic E-state index is 15.2. The van der Waals surface area contributed by atoms with Gasteiger partial charge in [0, 0.05) is 36.4 Å². The summed E-state index contributed by atoms with van der Waals surface area (Å²) in [7, 11) is 1.53. The highest BCUT2D eigenvalue weighted by molar-refractivity contribution is 6.30. The SMILES string of the molecule is CO[C@@H]1C[C@H](C(=O)Nc2cc(C(N)(CCC3CC3)C3=CC=CC(C#N)=CC3)ccc2F)N(C(=O)Nc2ccc(Cl)cc2)C1. The Labute approximate surface area is 256 Å². The van der Waals surface area contributed by atoms with Crippen LogP contribution in [0.2, 0.25) is 5.02 Å². The highest BCUT2D eigenvalue weighted by Crippen LogP contribution is 2.42. The number of hydrogen-bond donors (Lipinski definition) is 3. The van der Waals surface area contributed by atoms with Crippen LogP contribution in [0.3, 0.4) is 0 Å². The number of allylic oxidation sites excluding steroid dienone is 5. The Morgan fingerprint density at radius 2 is 1.98 bits per heavy atom. The van der Waals surface area contributed by atoms with Crippen molar-refractivity contribution in [3.63, 3.8) is 0 Å². The summed E-state index contributed by atoms with van der Waals surface area (Å²) in [5.74, 6) is -0.516. The predicted molar refractivity (Wildman–Crippen MR) is 165 cm³/mol. The first-order chi connectivity index (χ1) is 20.7. The molecule has 0 bridgehead atoms. The lowest BCUT2D eigenvalue weighted by Gasteiger charge is -2.33. The van der Waals surface area contributed by atoms with E-state index < -0.39 is 29.3 Å². The van der Waals surface area contributed by atoms with Crippen LogP contribution in [0.15, 0.2) is 77.9 Å². The van der Waals surface area contributed by atoms with Crippen molar-refractivity contribution in [2.75, 3.05) is 24.3 Å². The smallest absolute Gasteiger partial charge is 0.322 e. The van der Waals surface area contributed by atoms with Crippen LogP contribution in [0, 0.1) is 23.1 Å². The summed E-state index contributed by atoms with van der Waals surface area (Å²) in [6.07, 6.45) is 11.6. The molecule has 2 aliphatic carbocycles.